The highest BCUT2D eigenvalue weighted by atomic mass is 127. The Balaban J connectivity index is 2.24. The van der Waals surface area contributed by atoms with E-state index in [4.69, 9.17) is 0 Å². The number of carbonyl (C=O) groups excluding carboxylic acids is 1. The molecule has 98 valence electrons. The van der Waals surface area contributed by atoms with Crippen molar-refractivity contribution in [1.82, 2.24) is 0 Å². The molecule has 0 radical (unpaired) electrons. The Labute approximate surface area is 132 Å². The lowest BCUT2D eigenvalue weighted by Crippen LogP contribution is -2.13. The van der Waals surface area contributed by atoms with Gasteiger partial charge < -0.3 is 5.32 Å². The van der Waals surface area contributed by atoms with E-state index in [1.807, 2.05) is 19.1 Å². The minimum absolute atomic E-state index is 0.249. The van der Waals surface area contributed by atoms with E-state index in [2.05, 4.69) is 43.8 Å². The van der Waals surface area contributed by atoms with Gasteiger partial charge in [-0.3, -0.25) is 4.79 Å². The largest absolute Gasteiger partial charge is 0.322 e. The molecule has 0 heterocycles. The summed E-state index contributed by atoms with van der Waals surface area (Å²) in [5.74, 6) is -0.648. The van der Waals surface area contributed by atoms with Crippen molar-refractivity contribution < 1.29 is 9.18 Å². The van der Waals surface area contributed by atoms with Crippen LogP contribution in [0.2, 0.25) is 0 Å². The number of nitrogens with one attached hydrogen (secondary N) is 1. The normalized spacial score (nSPS) is 10.3. The quantitative estimate of drug-likeness (QED) is 0.680. The van der Waals surface area contributed by atoms with Gasteiger partial charge in [-0.1, -0.05) is 0 Å². The number of anilines is 1. The third-order valence-electron chi connectivity index (χ3n) is 2.62. The summed E-state index contributed by atoms with van der Waals surface area (Å²) in [6.45, 7) is 1.81. The Morgan fingerprint density at radius 3 is 2.53 bits per heavy atom. The van der Waals surface area contributed by atoms with E-state index in [0.717, 1.165) is 9.13 Å². The maximum atomic E-state index is 13.5. The van der Waals surface area contributed by atoms with Gasteiger partial charge in [0.2, 0.25) is 0 Å². The molecule has 0 saturated heterocycles. The van der Waals surface area contributed by atoms with Gasteiger partial charge >= 0.3 is 0 Å². The summed E-state index contributed by atoms with van der Waals surface area (Å²) in [6.07, 6.45) is 0. The van der Waals surface area contributed by atoms with Crippen LogP contribution in [0, 0.1) is 16.3 Å². The van der Waals surface area contributed by atoms with Gasteiger partial charge in [0.25, 0.3) is 5.91 Å². The van der Waals surface area contributed by atoms with Crippen LogP contribution in [0.4, 0.5) is 10.1 Å². The number of hydrogen-bond donors (Lipinski definition) is 1. The van der Waals surface area contributed by atoms with Crippen LogP contribution in [0.25, 0.3) is 0 Å². The molecule has 0 aliphatic heterocycles. The summed E-state index contributed by atoms with van der Waals surface area (Å²) in [4.78, 5) is 12.0. The highest BCUT2D eigenvalue weighted by Crippen LogP contribution is 2.24. The van der Waals surface area contributed by atoms with E-state index in [0.29, 0.717) is 15.7 Å². The molecule has 0 saturated carbocycles. The number of amides is 1. The molecule has 5 heteroatoms. The fourth-order valence-electron chi connectivity index (χ4n) is 1.58. The highest BCUT2D eigenvalue weighted by molar-refractivity contribution is 14.1. The summed E-state index contributed by atoms with van der Waals surface area (Å²) in [7, 11) is 0. The molecule has 2 aromatic rings. The Hall–Kier alpha value is -0.950. The first-order chi connectivity index (χ1) is 8.97. The van der Waals surface area contributed by atoms with Crippen LogP contribution in [0.1, 0.15) is 15.9 Å². The van der Waals surface area contributed by atoms with Gasteiger partial charge in [-0.15, -0.1) is 0 Å². The summed E-state index contributed by atoms with van der Waals surface area (Å²) in [6, 6.07) is 10.1. The molecule has 2 nitrogen and oxygen atoms in total. The standard InChI is InChI=1S/C14H10BrFINO/c1-8-6-11(15)12(16)7-13(8)18-14(19)9-2-4-10(17)5-3-9/h2-7H,1H3,(H,18,19). The highest BCUT2D eigenvalue weighted by Gasteiger charge is 2.10. The second-order valence-corrected chi connectivity index (χ2v) is 6.14. The van der Waals surface area contributed by atoms with Gasteiger partial charge in [0.15, 0.2) is 0 Å². The third-order valence-corrected chi connectivity index (χ3v) is 3.95. The van der Waals surface area contributed by atoms with Gasteiger partial charge in [-0.2, -0.15) is 0 Å². The van der Waals surface area contributed by atoms with Gasteiger partial charge in [-0.25, -0.2) is 4.39 Å². The second kappa shape index (κ2) is 6.00. The van der Waals surface area contributed by atoms with Crippen LogP contribution >= 0.6 is 38.5 Å². The predicted molar refractivity (Wildman–Crippen MR) is 85.9 cm³/mol. The Kier molecular flexibility index (Phi) is 4.57. The van der Waals surface area contributed by atoms with E-state index >= 15 is 0 Å². The molecule has 0 aromatic heterocycles. The number of rotatable bonds is 2. The number of carbonyl (C=O) groups is 1. The van der Waals surface area contributed by atoms with Crippen molar-refractivity contribution in [3.8, 4) is 0 Å². The first-order valence-electron chi connectivity index (χ1n) is 5.50. The minimum Gasteiger partial charge on any atom is -0.322 e. The minimum atomic E-state index is -0.400. The van der Waals surface area contributed by atoms with Crippen molar-refractivity contribution >= 4 is 50.1 Å². The van der Waals surface area contributed by atoms with Gasteiger partial charge in [0, 0.05) is 14.8 Å². The zero-order valence-corrected chi connectivity index (χ0v) is 13.7. The smallest absolute Gasteiger partial charge is 0.255 e. The second-order valence-electron chi connectivity index (χ2n) is 4.04. The molecule has 1 N–H and O–H groups in total. The first kappa shape index (κ1) is 14.5. The van der Waals surface area contributed by atoms with E-state index in [-0.39, 0.29) is 5.91 Å². The fourth-order valence-corrected chi connectivity index (χ4v) is 2.39. The molecule has 0 atom stereocenters. The predicted octanol–water partition coefficient (Wildman–Crippen LogP) is 4.75. The number of benzene rings is 2. The molecule has 0 aliphatic rings. The average molecular weight is 434 g/mol. The van der Waals surface area contributed by atoms with E-state index in [9.17, 15) is 9.18 Å². The fraction of sp³-hybridized carbons (Fsp3) is 0.0714. The van der Waals surface area contributed by atoms with Crippen LogP contribution in [0.3, 0.4) is 0 Å². The number of halogens is 3. The summed E-state index contributed by atoms with van der Waals surface area (Å²) < 4.78 is 14.9. The molecule has 0 spiro atoms. The molecule has 19 heavy (non-hydrogen) atoms. The monoisotopic (exact) mass is 433 g/mol. The topological polar surface area (TPSA) is 29.1 Å². The molecular formula is C14H10BrFINO. The molecule has 0 unspecified atom stereocenters. The Bertz CT molecular complexity index is 628. The van der Waals surface area contributed by atoms with Crippen molar-refractivity contribution in [2.45, 2.75) is 6.92 Å². The van der Waals surface area contributed by atoms with Crippen LogP contribution in [-0.2, 0) is 0 Å². The number of aryl methyl sites for hydroxylation is 1. The lowest BCUT2D eigenvalue weighted by Gasteiger charge is -2.09. The molecule has 0 bridgehead atoms. The summed E-state index contributed by atoms with van der Waals surface area (Å²) >= 11 is 5.28. The van der Waals surface area contributed by atoms with E-state index < -0.39 is 5.82 Å². The zero-order valence-electron chi connectivity index (χ0n) is 10.0. The van der Waals surface area contributed by atoms with E-state index in [1.54, 1.807) is 18.2 Å². The zero-order chi connectivity index (χ0) is 14.0. The molecular weight excluding hydrogens is 424 g/mol. The third kappa shape index (κ3) is 3.54. The lowest BCUT2D eigenvalue weighted by molar-refractivity contribution is 0.102. The van der Waals surface area contributed by atoms with E-state index in [1.165, 1.54) is 6.07 Å². The molecule has 0 fully saturated rings. The molecule has 0 aliphatic carbocycles. The molecule has 2 rings (SSSR count). The molecule has 1 amide bonds. The van der Waals surface area contributed by atoms with Crippen molar-refractivity contribution in [3.63, 3.8) is 0 Å². The van der Waals surface area contributed by atoms with Crippen molar-refractivity contribution in [3.05, 3.63) is 61.4 Å². The number of hydrogen-bond acceptors (Lipinski definition) is 1. The first-order valence-corrected chi connectivity index (χ1v) is 7.37. The maximum Gasteiger partial charge on any atom is 0.255 e. The maximum absolute atomic E-state index is 13.5. The Morgan fingerprint density at radius 2 is 1.89 bits per heavy atom. The van der Waals surface area contributed by atoms with Gasteiger partial charge in [-0.05, 0) is 87.4 Å². The van der Waals surface area contributed by atoms with Gasteiger partial charge in [0.05, 0.1) is 4.47 Å². The SMILES string of the molecule is Cc1cc(Br)c(F)cc1NC(=O)c1ccc(I)cc1. The average Bonchev–Trinajstić information content (AvgIpc) is 2.36. The van der Waals surface area contributed by atoms with Crippen LogP contribution in [0.5, 0.6) is 0 Å². The summed E-state index contributed by atoms with van der Waals surface area (Å²) in [5.41, 5.74) is 1.82. The van der Waals surface area contributed by atoms with Gasteiger partial charge in [0.1, 0.15) is 5.82 Å². The lowest BCUT2D eigenvalue weighted by atomic mass is 10.1. The molecule has 2 aromatic carbocycles. The van der Waals surface area contributed by atoms with Crippen molar-refractivity contribution in [2.75, 3.05) is 5.32 Å². The van der Waals surface area contributed by atoms with Crippen LogP contribution in [0.15, 0.2) is 40.9 Å². The van der Waals surface area contributed by atoms with Crippen LogP contribution in [-0.4, -0.2) is 5.91 Å². The van der Waals surface area contributed by atoms with Crippen molar-refractivity contribution in [1.29, 1.82) is 0 Å². The van der Waals surface area contributed by atoms with Crippen molar-refractivity contribution in [2.24, 2.45) is 0 Å². The summed E-state index contributed by atoms with van der Waals surface area (Å²) in [5, 5.41) is 2.71. The van der Waals surface area contributed by atoms with Crippen LogP contribution < -0.4 is 5.32 Å². The Morgan fingerprint density at radius 1 is 1.26 bits per heavy atom.